The Labute approximate surface area is 125 Å². The molecule has 0 aliphatic carbocycles. The lowest BCUT2D eigenvalue weighted by atomic mass is 9.97. The number of amidine groups is 1. The Morgan fingerprint density at radius 1 is 1.38 bits per heavy atom. The molecule has 1 amide bonds. The second-order valence-electron chi connectivity index (χ2n) is 4.98. The molecule has 4 N–H and O–H groups in total. The molecule has 6 nitrogen and oxygen atoms in total. The molecule has 1 rings (SSSR count). The average molecular weight is 293 g/mol. The van der Waals surface area contributed by atoms with Crippen LogP contribution in [0.15, 0.2) is 35.5 Å². The Morgan fingerprint density at radius 3 is 2.62 bits per heavy atom. The van der Waals surface area contributed by atoms with Gasteiger partial charge in [-0.05, 0) is 25.8 Å². The van der Waals surface area contributed by atoms with Crippen LogP contribution in [0.4, 0.5) is 0 Å². The number of amides is 1. The molecule has 0 radical (unpaired) electrons. The summed E-state index contributed by atoms with van der Waals surface area (Å²) in [5.74, 6) is -1.07. The van der Waals surface area contributed by atoms with E-state index in [1.54, 1.807) is 0 Å². The first-order valence-electron chi connectivity index (χ1n) is 6.95. The molecule has 0 aromatic heterocycles. The molecule has 116 valence electrons. The summed E-state index contributed by atoms with van der Waals surface area (Å²) >= 11 is 0. The van der Waals surface area contributed by atoms with Crippen molar-refractivity contribution in [3.05, 3.63) is 35.9 Å². The van der Waals surface area contributed by atoms with E-state index in [1.165, 1.54) is 0 Å². The van der Waals surface area contributed by atoms with Crippen LogP contribution in [0.1, 0.15) is 19.4 Å². The van der Waals surface area contributed by atoms with Gasteiger partial charge in [-0.1, -0.05) is 35.5 Å². The molecular weight excluding hydrogens is 270 g/mol. The van der Waals surface area contributed by atoms with Crippen LogP contribution in [-0.4, -0.2) is 36.2 Å². The maximum absolute atomic E-state index is 12.2. The number of hydrogen-bond acceptors (Lipinski definition) is 4. The van der Waals surface area contributed by atoms with Gasteiger partial charge in [-0.25, -0.2) is 0 Å². The van der Waals surface area contributed by atoms with Crippen LogP contribution in [0.5, 0.6) is 0 Å². The minimum absolute atomic E-state index is 0.0962. The van der Waals surface area contributed by atoms with Crippen LogP contribution in [-0.2, 0) is 16.0 Å². The minimum Gasteiger partial charge on any atom is -0.409 e. The van der Waals surface area contributed by atoms with Gasteiger partial charge >= 0.3 is 0 Å². The average Bonchev–Trinajstić information content (AvgIpc) is 2.49. The summed E-state index contributed by atoms with van der Waals surface area (Å²) in [5, 5.41) is 14.5. The molecule has 0 aliphatic heterocycles. The lowest BCUT2D eigenvalue weighted by Gasteiger charge is -2.16. The maximum atomic E-state index is 12.2. The first-order valence-corrected chi connectivity index (χ1v) is 6.95. The van der Waals surface area contributed by atoms with Gasteiger partial charge in [-0.3, -0.25) is 4.79 Å². The number of nitrogens with zero attached hydrogens (tertiary/aromatic N) is 1. The molecule has 6 heteroatoms. The van der Waals surface area contributed by atoms with Gasteiger partial charge in [0.1, 0.15) is 5.92 Å². The second-order valence-corrected chi connectivity index (χ2v) is 4.98. The molecule has 0 saturated heterocycles. The largest absolute Gasteiger partial charge is 0.409 e. The van der Waals surface area contributed by atoms with Gasteiger partial charge in [-0.2, -0.15) is 0 Å². The van der Waals surface area contributed by atoms with Gasteiger partial charge in [0, 0.05) is 6.54 Å². The Bertz CT molecular complexity index is 460. The van der Waals surface area contributed by atoms with Gasteiger partial charge in [0.15, 0.2) is 5.84 Å². The molecule has 21 heavy (non-hydrogen) atoms. The number of rotatable bonds is 8. The molecule has 0 heterocycles. The predicted molar refractivity (Wildman–Crippen MR) is 81.1 cm³/mol. The molecule has 0 spiro atoms. The maximum Gasteiger partial charge on any atom is 0.231 e. The minimum atomic E-state index is -0.698. The fourth-order valence-electron chi connectivity index (χ4n) is 1.84. The zero-order chi connectivity index (χ0) is 15.7. The molecular formula is C15H23N3O3. The molecule has 0 fully saturated rings. The number of hydrogen-bond donors (Lipinski definition) is 3. The number of carbonyl (C=O) groups is 1. The Hall–Kier alpha value is -2.08. The van der Waals surface area contributed by atoms with E-state index in [9.17, 15) is 4.79 Å². The summed E-state index contributed by atoms with van der Waals surface area (Å²) < 4.78 is 5.35. The standard InChI is InChI=1S/C15H23N3O3/c1-11(2)21-9-8-17-15(19)13(14(16)18-20)10-12-6-4-3-5-7-12/h3-7,11,13,20H,8-10H2,1-2H3,(H2,16,18)(H,17,19). The van der Waals surface area contributed by atoms with Crippen LogP contribution >= 0.6 is 0 Å². The van der Waals surface area contributed by atoms with E-state index in [2.05, 4.69) is 10.5 Å². The monoisotopic (exact) mass is 293 g/mol. The van der Waals surface area contributed by atoms with Crippen LogP contribution in [0.2, 0.25) is 0 Å². The molecule has 0 saturated carbocycles. The highest BCUT2D eigenvalue weighted by Crippen LogP contribution is 2.09. The zero-order valence-electron chi connectivity index (χ0n) is 12.5. The number of nitrogens with one attached hydrogen (secondary N) is 1. The topological polar surface area (TPSA) is 96.9 Å². The first kappa shape index (κ1) is 17.0. The van der Waals surface area contributed by atoms with Crippen molar-refractivity contribution in [1.82, 2.24) is 5.32 Å². The highest BCUT2D eigenvalue weighted by Gasteiger charge is 2.23. The summed E-state index contributed by atoms with van der Waals surface area (Å²) in [6.45, 7) is 4.67. The third-order valence-electron chi connectivity index (χ3n) is 2.92. The summed E-state index contributed by atoms with van der Waals surface area (Å²) in [6, 6.07) is 9.45. The molecule has 0 bridgehead atoms. The Kier molecular flexibility index (Phi) is 7.25. The molecule has 0 aliphatic rings. The quantitative estimate of drug-likeness (QED) is 0.220. The fraction of sp³-hybridized carbons (Fsp3) is 0.467. The normalized spacial score (nSPS) is 13.2. The third-order valence-corrected chi connectivity index (χ3v) is 2.92. The fourth-order valence-corrected chi connectivity index (χ4v) is 1.84. The Balaban J connectivity index is 2.59. The van der Waals surface area contributed by atoms with Gasteiger partial charge < -0.3 is 21.0 Å². The number of ether oxygens (including phenoxy) is 1. The zero-order valence-corrected chi connectivity index (χ0v) is 12.5. The number of benzene rings is 1. The van der Waals surface area contributed by atoms with E-state index >= 15 is 0 Å². The van der Waals surface area contributed by atoms with E-state index in [-0.39, 0.29) is 17.8 Å². The second kappa shape index (κ2) is 8.97. The highest BCUT2D eigenvalue weighted by atomic mass is 16.5. The third kappa shape index (κ3) is 6.27. The van der Waals surface area contributed by atoms with Crippen molar-refractivity contribution in [2.45, 2.75) is 26.4 Å². The van der Waals surface area contributed by atoms with E-state index < -0.39 is 5.92 Å². The van der Waals surface area contributed by atoms with E-state index in [1.807, 2.05) is 44.2 Å². The summed E-state index contributed by atoms with van der Waals surface area (Å²) in [4.78, 5) is 12.2. The van der Waals surface area contributed by atoms with Crippen LogP contribution < -0.4 is 11.1 Å². The molecule has 1 atom stereocenters. The Morgan fingerprint density at radius 2 is 2.05 bits per heavy atom. The van der Waals surface area contributed by atoms with Gasteiger partial charge in [0.05, 0.1) is 12.7 Å². The summed E-state index contributed by atoms with van der Waals surface area (Å²) in [6.07, 6.45) is 0.499. The molecule has 1 aromatic carbocycles. The smallest absolute Gasteiger partial charge is 0.231 e. The predicted octanol–water partition coefficient (Wildman–Crippen LogP) is 1.13. The van der Waals surface area contributed by atoms with E-state index in [0.29, 0.717) is 19.6 Å². The highest BCUT2D eigenvalue weighted by molar-refractivity contribution is 6.02. The van der Waals surface area contributed by atoms with Crippen molar-refractivity contribution in [3.63, 3.8) is 0 Å². The van der Waals surface area contributed by atoms with Crippen molar-refractivity contribution in [2.24, 2.45) is 16.8 Å². The van der Waals surface area contributed by atoms with Crippen molar-refractivity contribution < 1.29 is 14.7 Å². The molecule has 1 aromatic rings. The molecule has 1 unspecified atom stereocenters. The van der Waals surface area contributed by atoms with Crippen molar-refractivity contribution in [2.75, 3.05) is 13.2 Å². The van der Waals surface area contributed by atoms with Gasteiger partial charge in [0.2, 0.25) is 5.91 Å². The lowest BCUT2D eigenvalue weighted by molar-refractivity contribution is -0.123. The summed E-state index contributed by atoms with van der Waals surface area (Å²) in [7, 11) is 0. The summed E-state index contributed by atoms with van der Waals surface area (Å²) in [5.41, 5.74) is 6.57. The van der Waals surface area contributed by atoms with Gasteiger partial charge in [0.25, 0.3) is 0 Å². The van der Waals surface area contributed by atoms with Crippen LogP contribution in [0, 0.1) is 5.92 Å². The number of nitrogens with two attached hydrogens (primary N) is 1. The first-order chi connectivity index (χ1) is 10.0. The van der Waals surface area contributed by atoms with Crippen molar-refractivity contribution >= 4 is 11.7 Å². The lowest BCUT2D eigenvalue weighted by Crippen LogP contribution is -2.41. The number of oxime groups is 1. The van der Waals surface area contributed by atoms with Crippen molar-refractivity contribution in [1.29, 1.82) is 0 Å². The number of carbonyl (C=O) groups excluding carboxylic acids is 1. The SMILES string of the molecule is CC(C)OCCNC(=O)C(Cc1ccccc1)/C(N)=N/O. The van der Waals surface area contributed by atoms with Crippen LogP contribution in [0.3, 0.4) is 0 Å². The van der Waals surface area contributed by atoms with Gasteiger partial charge in [-0.15, -0.1) is 0 Å². The van der Waals surface area contributed by atoms with Crippen LogP contribution in [0.25, 0.3) is 0 Å². The van der Waals surface area contributed by atoms with E-state index in [4.69, 9.17) is 15.7 Å². The van der Waals surface area contributed by atoms with E-state index in [0.717, 1.165) is 5.56 Å². The van der Waals surface area contributed by atoms with Crippen molar-refractivity contribution in [3.8, 4) is 0 Å².